The zero-order valence-electron chi connectivity index (χ0n) is 9.92. The largest absolute Gasteiger partial charge is 0.409 e. The molecule has 1 amide bonds. The zero-order chi connectivity index (χ0) is 15.8. The van der Waals surface area contributed by atoms with E-state index in [1.807, 2.05) is 0 Å². The lowest BCUT2D eigenvalue weighted by molar-refractivity contribution is -0.272. The molecule has 0 aliphatic heterocycles. The monoisotopic (exact) mass is 328 g/mol. The summed E-state index contributed by atoms with van der Waals surface area (Å²) in [5, 5.41) is 1.25. The summed E-state index contributed by atoms with van der Waals surface area (Å²) in [6.07, 6.45) is -11.4. The summed E-state index contributed by atoms with van der Waals surface area (Å²) in [6, 6.07) is 6.32. The minimum absolute atomic E-state index is 0.320. The molecule has 2 rings (SSSR count). The highest BCUT2D eigenvalue weighted by molar-refractivity contribution is 7.22. The Bertz CT molecular complexity index is 616. The number of alkyl halides is 6. The van der Waals surface area contributed by atoms with Gasteiger partial charge in [0.25, 0.3) is 0 Å². The molecule has 3 nitrogen and oxygen atoms in total. The average molecular weight is 328 g/mol. The average Bonchev–Trinajstić information content (AvgIpc) is 2.66. The second-order valence-electron chi connectivity index (χ2n) is 3.99. The summed E-state index contributed by atoms with van der Waals surface area (Å²) < 4.78 is 74.8. The Kier molecular flexibility index (Phi) is 3.83. The standard InChI is InChI=1S/C11H6F6N2OS/c12-10(13,14)7(11(15,16)17)8(20)19-9-18-5-3-1-2-4-6(5)21-9/h1-4,7H,(H,18,19,20). The molecule has 1 N–H and O–H groups in total. The molecular weight excluding hydrogens is 322 g/mol. The van der Waals surface area contributed by atoms with E-state index in [9.17, 15) is 31.1 Å². The first-order valence-electron chi connectivity index (χ1n) is 5.39. The summed E-state index contributed by atoms with van der Waals surface area (Å²) in [7, 11) is 0. The van der Waals surface area contributed by atoms with Crippen LogP contribution >= 0.6 is 11.3 Å². The van der Waals surface area contributed by atoms with E-state index < -0.39 is 24.2 Å². The highest BCUT2D eigenvalue weighted by Gasteiger charge is 2.61. The number of hydrogen-bond acceptors (Lipinski definition) is 3. The number of carbonyl (C=O) groups excluding carboxylic acids is 1. The fraction of sp³-hybridized carbons (Fsp3) is 0.273. The van der Waals surface area contributed by atoms with Crippen LogP contribution in [0.15, 0.2) is 24.3 Å². The molecule has 10 heteroatoms. The number of nitrogens with one attached hydrogen (secondary N) is 1. The molecule has 0 aliphatic carbocycles. The van der Waals surface area contributed by atoms with Crippen molar-refractivity contribution in [1.82, 2.24) is 4.98 Å². The number of hydrogen-bond donors (Lipinski definition) is 1. The number of anilines is 1. The fourth-order valence-corrected chi connectivity index (χ4v) is 2.45. The van der Waals surface area contributed by atoms with Gasteiger partial charge in [0.15, 0.2) is 5.13 Å². The van der Waals surface area contributed by atoms with Gasteiger partial charge in [-0.15, -0.1) is 0 Å². The molecule has 0 aliphatic rings. The van der Waals surface area contributed by atoms with Gasteiger partial charge in [-0.25, -0.2) is 4.98 Å². The van der Waals surface area contributed by atoms with E-state index in [4.69, 9.17) is 0 Å². The Labute approximate surface area is 117 Å². The van der Waals surface area contributed by atoms with Gasteiger partial charge in [0, 0.05) is 0 Å². The van der Waals surface area contributed by atoms with Crippen molar-refractivity contribution < 1.29 is 31.1 Å². The van der Waals surface area contributed by atoms with Crippen molar-refractivity contribution in [3.8, 4) is 0 Å². The van der Waals surface area contributed by atoms with Crippen molar-refractivity contribution in [2.24, 2.45) is 5.92 Å². The Hall–Kier alpha value is -1.84. The molecular formula is C11H6F6N2OS. The van der Waals surface area contributed by atoms with Crippen LogP contribution in [0.2, 0.25) is 0 Å². The number of aromatic nitrogens is 1. The van der Waals surface area contributed by atoms with Crippen molar-refractivity contribution in [1.29, 1.82) is 0 Å². The lowest BCUT2D eigenvalue weighted by Crippen LogP contribution is -2.45. The summed E-state index contributed by atoms with van der Waals surface area (Å²) >= 11 is 0.787. The number of para-hydroxylation sites is 1. The molecule has 1 heterocycles. The van der Waals surface area contributed by atoms with Gasteiger partial charge < -0.3 is 5.32 Å². The Balaban J connectivity index is 2.26. The maximum Gasteiger partial charge on any atom is 0.409 e. The van der Waals surface area contributed by atoms with E-state index in [0.717, 1.165) is 11.3 Å². The smallest absolute Gasteiger partial charge is 0.301 e. The molecule has 0 spiro atoms. The lowest BCUT2D eigenvalue weighted by atomic mass is 10.1. The van der Waals surface area contributed by atoms with Crippen molar-refractivity contribution in [3.05, 3.63) is 24.3 Å². The van der Waals surface area contributed by atoms with Crippen LogP contribution in [0.4, 0.5) is 31.5 Å². The van der Waals surface area contributed by atoms with Crippen LogP contribution in [0.1, 0.15) is 0 Å². The SMILES string of the molecule is O=C(Nc1nc2ccccc2s1)C(C(F)(F)F)C(F)(F)F. The van der Waals surface area contributed by atoms with Crippen molar-refractivity contribution in [2.45, 2.75) is 12.4 Å². The third kappa shape index (κ3) is 3.43. The van der Waals surface area contributed by atoms with Gasteiger partial charge in [-0.2, -0.15) is 26.3 Å². The molecule has 0 atom stereocenters. The second kappa shape index (κ2) is 5.17. The maximum atomic E-state index is 12.4. The molecule has 1 aromatic carbocycles. The third-order valence-electron chi connectivity index (χ3n) is 2.44. The van der Waals surface area contributed by atoms with Gasteiger partial charge in [-0.3, -0.25) is 4.79 Å². The number of fused-ring (bicyclic) bond motifs is 1. The molecule has 0 saturated heterocycles. The molecule has 0 unspecified atom stereocenters. The van der Waals surface area contributed by atoms with E-state index in [2.05, 4.69) is 4.98 Å². The Morgan fingerprint density at radius 2 is 1.67 bits per heavy atom. The Morgan fingerprint density at radius 3 is 2.19 bits per heavy atom. The summed E-state index contributed by atoms with van der Waals surface area (Å²) in [4.78, 5) is 15.0. The van der Waals surface area contributed by atoms with Crippen molar-refractivity contribution in [3.63, 3.8) is 0 Å². The summed E-state index contributed by atoms with van der Waals surface area (Å²) in [5.74, 6) is -6.29. The summed E-state index contributed by atoms with van der Waals surface area (Å²) in [5.41, 5.74) is 0.369. The molecule has 0 radical (unpaired) electrons. The van der Waals surface area contributed by atoms with Crippen LogP contribution < -0.4 is 5.32 Å². The van der Waals surface area contributed by atoms with Gasteiger partial charge in [-0.1, -0.05) is 23.5 Å². The number of nitrogens with zero attached hydrogens (tertiary/aromatic N) is 1. The number of rotatable bonds is 2. The van der Waals surface area contributed by atoms with Crippen LogP contribution in [0.25, 0.3) is 10.2 Å². The Morgan fingerprint density at radius 1 is 1.10 bits per heavy atom. The predicted octanol–water partition coefficient (Wildman–Crippen LogP) is 3.98. The summed E-state index contributed by atoms with van der Waals surface area (Å²) in [6.45, 7) is 0. The first kappa shape index (κ1) is 15.5. The van der Waals surface area contributed by atoms with E-state index in [1.165, 1.54) is 6.07 Å². The van der Waals surface area contributed by atoms with Crippen LogP contribution in [0, 0.1) is 5.92 Å². The van der Waals surface area contributed by atoms with E-state index in [1.54, 1.807) is 23.5 Å². The van der Waals surface area contributed by atoms with Crippen LogP contribution in [-0.4, -0.2) is 23.2 Å². The number of carbonyl (C=O) groups is 1. The quantitative estimate of drug-likeness (QED) is 0.848. The van der Waals surface area contributed by atoms with Gasteiger partial charge in [0.05, 0.1) is 10.2 Å². The zero-order valence-corrected chi connectivity index (χ0v) is 10.7. The fourth-order valence-electron chi connectivity index (χ4n) is 1.59. The van der Waals surface area contributed by atoms with Gasteiger partial charge in [0.1, 0.15) is 0 Å². The number of amides is 1. The van der Waals surface area contributed by atoms with Crippen LogP contribution in [0.3, 0.4) is 0 Å². The second-order valence-corrected chi connectivity index (χ2v) is 5.02. The highest BCUT2D eigenvalue weighted by atomic mass is 32.1. The van der Waals surface area contributed by atoms with E-state index in [0.29, 0.717) is 10.2 Å². The van der Waals surface area contributed by atoms with Crippen LogP contribution in [0.5, 0.6) is 0 Å². The molecule has 2 aromatic rings. The third-order valence-corrected chi connectivity index (χ3v) is 3.39. The normalized spacial score (nSPS) is 12.9. The first-order valence-corrected chi connectivity index (χ1v) is 6.20. The van der Waals surface area contributed by atoms with E-state index in [-0.39, 0.29) is 5.13 Å². The highest BCUT2D eigenvalue weighted by Crippen LogP contribution is 2.40. The van der Waals surface area contributed by atoms with E-state index >= 15 is 0 Å². The first-order chi connectivity index (χ1) is 9.59. The number of thiazole rings is 1. The van der Waals surface area contributed by atoms with Crippen molar-refractivity contribution in [2.75, 3.05) is 5.32 Å². The number of halogens is 6. The minimum Gasteiger partial charge on any atom is -0.301 e. The molecule has 0 saturated carbocycles. The predicted molar refractivity (Wildman–Crippen MR) is 63.8 cm³/mol. The molecule has 21 heavy (non-hydrogen) atoms. The number of benzene rings is 1. The molecule has 1 aromatic heterocycles. The minimum atomic E-state index is -5.72. The molecule has 0 bridgehead atoms. The van der Waals surface area contributed by atoms with Crippen LogP contribution in [-0.2, 0) is 4.79 Å². The van der Waals surface area contributed by atoms with Crippen molar-refractivity contribution >= 4 is 32.6 Å². The van der Waals surface area contributed by atoms with Gasteiger partial charge in [-0.05, 0) is 12.1 Å². The molecule has 0 fully saturated rings. The maximum absolute atomic E-state index is 12.4. The topological polar surface area (TPSA) is 42.0 Å². The van der Waals surface area contributed by atoms with Gasteiger partial charge >= 0.3 is 12.4 Å². The molecule has 114 valence electrons. The van der Waals surface area contributed by atoms with Gasteiger partial charge in [0.2, 0.25) is 11.8 Å². The lowest BCUT2D eigenvalue weighted by Gasteiger charge is -2.21.